The Labute approximate surface area is 117 Å². The molecule has 1 aromatic rings. The van der Waals surface area contributed by atoms with E-state index in [1.54, 1.807) is 12.0 Å². The molecule has 0 aromatic heterocycles. The molecule has 2 rings (SSSR count). The van der Waals surface area contributed by atoms with Gasteiger partial charge in [-0.2, -0.15) is 0 Å². The summed E-state index contributed by atoms with van der Waals surface area (Å²) in [5, 5.41) is 8.66. The molecule has 6 heteroatoms. The lowest BCUT2D eigenvalue weighted by Gasteiger charge is -2.34. The van der Waals surface area contributed by atoms with Gasteiger partial charge in [0.15, 0.2) is 0 Å². The first-order valence-corrected chi connectivity index (χ1v) is 6.48. The second kappa shape index (κ2) is 6.38. The number of aliphatic carboxylic acids is 1. The van der Waals surface area contributed by atoms with E-state index in [2.05, 4.69) is 0 Å². The molecule has 1 aromatic carbocycles. The van der Waals surface area contributed by atoms with Crippen LogP contribution >= 0.6 is 0 Å². The molecular formula is C14H18N2O4. The topological polar surface area (TPSA) is 70.1 Å². The Morgan fingerprint density at radius 3 is 2.85 bits per heavy atom. The van der Waals surface area contributed by atoms with Gasteiger partial charge in [-0.3, -0.25) is 14.5 Å². The number of ether oxygens (including phenoxy) is 1. The fourth-order valence-electron chi connectivity index (χ4n) is 2.22. The summed E-state index contributed by atoms with van der Waals surface area (Å²) in [5.74, 6) is -0.147. The number of benzene rings is 1. The van der Waals surface area contributed by atoms with E-state index in [0.29, 0.717) is 25.4 Å². The monoisotopic (exact) mass is 278 g/mol. The maximum atomic E-state index is 12.1. The Hall–Kier alpha value is -2.08. The van der Waals surface area contributed by atoms with Crippen LogP contribution in [-0.4, -0.2) is 55.2 Å². The van der Waals surface area contributed by atoms with E-state index >= 15 is 0 Å². The number of carbonyl (C=O) groups excluding carboxylic acids is 1. The number of nitrogens with zero attached hydrogens (tertiary/aromatic N) is 2. The highest BCUT2D eigenvalue weighted by molar-refractivity contribution is 5.95. The lowest BCUT2D eigenvalue weighted by atomic mass is 10.2. The number of piperazine rings is 1. The van der Waals surface area contributed by atoms with Gasteiger partial charge in [0, 0.05) is 31.4 Å². The zero-order chi connectivity index (χ0) is 14.5. The molecule has 1 amide bonds. The van der Waals surface area contributed by atoms with E-state index in [9.17, 15) is 9.59 Å². The van der Waals surface area contributed by atoms with Gasteiger partial charge >= 0.3 is 5.97 Å². The number of methoxy groups -OCH3 is 1. The number of anilines is 1. The first kappa shape index (κ1) is 14.3. The Balaban J connectivity index is 1.99. The van der Waals surface area contributed by atoms with Crippen molar-refractivity contribution in [3.63, 3.8) is 0 Å². The maximum absolute atomic E-state index is 12.1. The molecule has 1 aliphatic rings. The van der Waals surface area contributed by atoms with Gasteiger partial charge in [0.1, 0.15) is 5.75 Å². The fraction of sp³-hybridized carbons (Fsp3) is 0.429. The Morgan fingerprint density at radius 1 is 1.40 bits per heavy atom. The maximum Gasteiger partial charge on any atom is 0.304 e. The molecule has 1 fully saturated rings. The van der Waals surface area contributed by atoms with Gasteiger partial charge in [0.25, 0.3) is 0 Å². The van der Waals surface area contributed by atoms with Crippen molar-refractivity contribution >= 4 is 17.6 Å². The summed E-state index contributed by atoms with van der Waals surface area (Å²) in [6.07, 6.45) is 0.0619. The van der Waals surface area contributed by atoms with Crippen molar-refractivity contribution in [1.29, 1.82) is 0 Å². The van der Waals surface area contributed by atoms with E-state index < -0.39 is 5.97 Å². The highest BCUT2D eigenvalue weighted by Crippen LogP contribution is 2.22. The molecule has 0 atom stereocenters. The summed E-state index contributed by atoms with van der Waals surface area (Å²) in [6, 6.07) is 7.37. The molecule has 0 aliphatic carbocycles. The minimum atomic E-state index is -0.840. The van der Waals surface area contributed by atoms with Crippen LogP contribution in [0.4, 0.5) is 5.69 Å². The van der Waals surface area contributed by atoms with Crippen LogP contribution < -0.4 is 9.64 Å². The summed E-state index contributed by atoms with van der Waals surface area (Å²) < 4.78 is 5.15. The van der Waals surface area contributed by atoms with Crippen molar-refractivity contribution in [2.75, 3.05) is 38.2 Å². The van der Waals surface area contributed by atoms with Gasteiger partial charge in [0.2, 0.25) is 5.91 Å². The van der Waals surface area contributed by atoms with Crippen molar-refractivity contribution in [3.05, 3.63) is 24.3 Å². The van der Waals surface area contributed by atoms with Crippen molar-refractivity contribution in [1.82, 2.24) is 4.90 Å². The van der Waals surface area contributed by atoms with Gasteiger partial charge in [-0.05, 0) is 12.1 Å². The molecule has 1 saturated heterocycles. The Bertz CT molecular complexity index is 504. The molecule has 1 N–H and O–H groups in total. The predicted octanol–water partition coefficient (Wildman–Crippen LogP) is 0.819. The second-order valence-electron chi connectivity index (χ2n) is 4.67. The van der Waals surface area contributed by atoms with Crippen LogP contribution in [-0.2, 0) is 9.59 Å². The molecule has 0 bridgehead atoms. The van der Waals surface area contributed by atoms with E-state index in [-0.39, 0.29) is 18.9 Å². The number of carbonyl (C=O) groups is 2. The number of amides is 1. The first-order chi connectivity index (χ1) is 9.60. The van der Waals surface area contributed by atoms with Crippen LogP contribution in [0.2, 0.25) is 0 Å². The number of rotatable bonds is 5. The number of hydrogen-bond donors (Lipinski definition) is 1. The molecule has 0 spiro atoms. The van der Waals surface area contributed by atoms with E-state index in [1.807, 2.05) is 29.2 Å². The standard InChI is InChI=1S/C14H18N2O4/c1-20-12-4-2-3-11(9-12)16-8-7-15(10-13(16)17)6-5-14(18)19/h2-4,9H,5-8,10H2,1H3,(H,18,19). The second-order valence-corrected chi connectivity index (χ2v) is 4.67. The van der Waals surface area contributed by atoms with Crippen LogP contribution in [0, 0.1) is 0 Å². The molecule has 108 valence electrons. The van der Waals surface area contributed by atoms with Gasteiger partial charge < -0.3 is 14.7 Å². The van der Waals surface area contributed by atoms with Crippen molar-refractivity contribution in [2.24, 2.45) is 0 Å². The van der Waals surface area contributed by atoms with Crippen LogP contribution in [0.25, 0.3) is 0 Å². The molecule has 0 saturated carbocycles. The van der Waals surface area contributed by atoms with Crippen LogP contribution in [0.3, 0.4) is 0 Å². The first-order valence-electron chi connectivity index (χ1n) is 6.48. The number of carboxylic acid groups (broad SMARTS) is 1. The van der Waals surface area contributed by atoms with Crippen molar-refractivity contribution in [3.8, 4) is 5.75 Å². The largest absolute Gasteiger partial charge is 0.497 e. The SMILES string of the molecule is COc1cccc(N2CCN(CCC(=O)O)CC2=O)c1. The summed E-state index contributed by atoms with van der Waals surface area (Å²) in [5.41, 5.74) is 0.812. The van der Waals surface area contributed by atoms with Crippen molar-refractivity contribution < 1.29 is 19.4 Å². The third-order valence-corrected chi connectivity index (χ3v) is 3.31. The highest BCUT2D eigenvalue weighted by Gasteiger charge is 2.25. The smallest absolute Gasteiger partial charge is 0.304 e. The Morgan fingerprint density at radius 2 is 2.20 bits per heavy atom. The molecule has 6 nitrogen and oxygen atoms in total. The molecule has 0 radical (unpaired) electrons. The third-order valence-electron chi connectivity index (χ3n) is 3.31. The predicted molar refractivity (Wildman–Crippen MR) is 74.0 cm³/mol. The molecule has 1 heterocycles. The quantitative estimate of drug-likeness (QED) is 0.863. The summed E-state index contributed by atoms with van der Waals surface area (Å²) in [7, 11) is 1.59. The average Bonchev–Trinajstić information content (AvgIpc) is 2.45. The number of hydrogen-bond acceptors (Lipinski definition) is 4. The van der Waals surface area contributed by atoms with E-state index in [1.165, 1.54) is 0 Å². The third kappa shape index (κ3) is 3.48. The summed E-state index contributed by atoms with van der Waals surface area (Å²) >= 11 is 0. The van der Waals surface area contributed by atoms with Gasteiger partial charge in [0.05, 0.1) is 20.1 Å². The van der Waals surface area contributed by atoms with Crippen LogP contribution in [0.5, 0.6) is 5.75 Å². The van der Waals surface area contributed by atoms with Crippen LogP contribution in [0.15, 0.2) is 24.3 Å². The lowest BCUT2D eigenvalue weighted by Crippen LogP contribution is -2.50. The molecule has 0 unspecified atom stereocenters. The van der Waals surface area contributed by atoms with E-state index in [0.717, 1.165) is 5.69 Å². The zero-order valence-corrected chi connectivity index (χ0v) is 11.4. The number of carboxylic acids is 1. The normalized spacial score (nSPS) is 16.2. The van der Waals surface area contributed by atoms with Crippen LogP contribution in [0.1, 0.15) is 6.42 Å². The fourth-order valence-corrected chi connectivity index (χ4v) is 2.22. The summed E-state index contributed by atoms with van der Waals surface area (Å²) in [6.45, 7) is 1.90. The minimum Gasteiger partial charge on any atom is -0.497 e. The van der Waals surface area contributed by atoms with Gasteiger partial charge in [-0.25, -0.2) is 0 Å². The zero-order valence-electron chi connectivity index (χ0n) is 11.4. The minimum absolute atomic E-state index is 0.0186. The average molecular weight is 278 g/mol. The molecule has 20 heavy (non-hydrogen) atoms. The Kier molecular flexibility index (Phi) is 4.57. The lowest BCUT2D eigenvalue weighted by molar-refractivity contribution is -0.137. The van der Waals surface area contributed by atoms with Crippen molar-refractivity contribution in [2.45, 2.75) is 6.42 Å². The summed E-state index contributed by atoms with van der Waals surface area (Å²) in [4.78, 5) is 26.3. The van der Waals surface area contributed by atoms with Gasteiger partial charge in [-0.15, -0.1) is 0 Å². The molecule has 1 aliphatic heterocycles. The highest BCUT2D eigenvalue weighted by atomic mass is 16.5. The van der Waals surface area contributed by atoms with Gasteiger partial charge in [-0.1, -0.05) is 6.07 Å². The molecular weight excluding hydrogens is 260 g/mol. The van der Waals surface area contributed by atoms with E-state index in [4.69, 9.17) is 9.84 Å².